The summed E-state index contributed by atoms with van der Waals surface area (Å²) in [7, 11) is 0. The second kappa shape index (κ2) is 10.4. The van der Waals surface area contributed by atoms with E-state index in [0.717, 1.165) is 9.47 Å². The summed E-state index contributed by atoms with van der Waals surface area (Å²) in [5.74, 6) is -0.0250. The average Bonchev–Trinajstić information content (AvgIpc) is 2.88. The van der Waals surface area contributed by atoms with Gasteiger partial charge >= 0.3 is 5.97 Å². The van der Waals surface area contributed by atoms with Gasteiger partial charge in [-0.05, 0) is 27.2 Å². The standard InChI is InChI=1S/C13H22N4O3S2/c1-4-20-11(19)6-5-7-14-10(18)8-21-13-17-16-12(22-13)15-9(2)3/h9H,4-8H2,1-3H3,(H,14,18)(H,15,16). The number of esters is 1. The maximum absolute atomic E-state index is 11.7. The SMILES string of the molecule is CCOC(=O)CCCNC(=O)CSc1nnc(NC(C)C)s1. The number of nitrogens with zero attached hydrogens (tertiary/aromatic N) is 2. The van der Waals surface area contributed by atoms with Gasteiger partial charge in [0.15, 0.2) is 4.34 Å². The zero-order chi connectivity index (χ0) is 16.4. The van der Waals surface area contributed by atoms with Crippen LogP contribution in [-0.4, -0.2) is 47.0 Å². The molecule has 0 saturated heterocycles. The third-order valence-electron chi connectivity index (χ3n) is 2.33. The van der Waals surface area contributed by atoms with E-state index in [1.54, 1.807) is 6.92 Å². The molecule has 2 N–H and O–H groups in total. The molecule has 124 valence electrons. The lowest BCUT2D eigenvalue weighted by Crippen LogP contribution is -2.26. The summed E-state index contributed by atoms with van der Waals surface area (Å²) in [6.07, 6.45) is 0.901. The van der Waals surface area contributed by atoms with Gasteiger partial charge in [0.1, 0.15) is 0 Å². The summed E-state index contributed by atoms with van der Waals surface area (Å²) >= 11 is 2.78. The molecule has 0 aliphatic heterocycles. The van der Waals surface area contributed by atoms with Gasteiger partial charge in [0.2, 0.25) is 11.0 Å². The van der Waals surface area contributed by atoms with Crippen LogP contribution in [0.15, 0.2) is 4.34 Å². The van der Waals surface area contributed by atoms with Gasteiger partial charge in [0.05, 0.1) is 12.4 Å². The number of hydrogen-bond acceptors (Lipinski definition) is 8. The Morgan fingerprint density at radius 3 is 2.82 bits per heavy atom. The summed E-state index contributed by atoms with van der Waals surface area (Å²) < 4.78 is 5.56. The Labute approximate surface area is 138 Å². The van der Waals surface area contributed by atoms with E-state index >= 15 is 0 Å². The molecule has 0 atom stereocenters. The van der Waals surface area contributed by atoms with Crippen LogP contribution in [0.5, 0.6) is 0 Å². The van der Waals surface area contributed by atoms with Gasteiger partial charge < -0.3 is 15.4 Å². The normalized spacial score (nSPS) is 10.5. The highest BCUT2D eigenvalue weighted by Crippen LogP contribution is 2.25. The minimum Gasteiger partial charge on any atom is -0.466 e. The number of nitrogens with one attached hydrogen (secondary N) is 2. The van der Waals surface area contributed by atoms with Crippen molar-refractivity contribution in [1.29, 1.82) is 0 Å². The van der Waals surface area contributed by atoms with Crippen LogP contribution in [0.2, 0.25) is 0 Å². The average molecular weight is 346 g/mol. The third kappa shape index (κ3) is 8.18. The molecule has 1 aromatic rings. The number of amides is 1. The first kappa shape index (κ1) is 18.7. The Kier molecular flexibility index (Phi) is 8.83. The van der Waals surface area contributed by atoms with E-state index in [1.165, 1.54) is 23.1 Å². The number of rotatable bonds is 10. The molecule has 0 bridgehead atoms. The van der Waals surface area contributed by atoms with Crippen molar-refractivity contribution in [2.24, 2.45) is 0 Å². The number of anilines is 1. The molecular weight excluding hydrogens is 324 g/mol. The van der Waals surface area contributed by atoms with Gasteiger partial charge in [-0.15, -0.1) is 10.2 Å². The molecule has 0 spiro atoms. The van der Waals surface area contributed by atoms with Crippen molar-refractivity contribution >= 4 is 40.1 Å². The monoisotopic (exact) mass is 346 g/mol. The predicted octanol–water partition coefficient (Wildman–Crippen LogP) is 1.91. The Hall–Kier alpha value is -1.35. The molecule has 0 aliphatic rings. The van der Waals surface area contributed by atoms with Gasteiger partial charge in [-0.25, -0.2) is 0 Å². The van der Waals surface area contributed by atoms with E-state index in [1.807, 2.05) is 13.8 Å². The highest BCUT2D eigenvalue weighted by atomic mass is 32.2. The van der Waals surface area contributed by atoms with Crippen LogP contribution in [0.3, 0.4) is 0 Å². The molecule has 7 nitrogen and oxygen atoms in total. The van der Waals surface area contributed by atoms with Gasteiger partial charge in [-0.3, -0.25) is 9.59 Å². The fourth-order valence-electron chi connectivity index (χ4n) is 1.45. The van der Waals surface area contributed by atoms with E-state index in [4.69, 9.17) is 4.74 Å². The van der Waals surface area contributed by atoms with Gasteiger partial charge in [0, 0.05) is 19.0 Å². The quantitative estimate of drug-likeness (QED) is 0.380. The van der Waals surface area contributed by atoms with Crippen molar-refractivity contribution in [3.05, 3.63) is 0 Å². The maximum atomic E-state index is 11.7. The zero-order valence-corrected chi connectivity index (χ0v) is 14.7. The van der Waals surface area contributed by atoms with Crippen molar-refractivity contribution in [2.45, 2.75) is 44.0 Å². The number of thioether (sulfide) groups is 1. The predicted molar refractivity (Wildman–Crippen MR) is 88.3 cm³/mol. The fourth-order valence-corrected chi connectivity index (χ4v) is 3.17. The number of hydrogen-bond donors (Lipinski definition) is 2. The summed E-state index contributed by atoms with van der Waals surface area (Å²) in [5.41, 5.74) is 0. The third-order valence-corrected chi connectivity index (χ3v) is 4.32. The van der Waals surface area contributed by atoms with E-state index in [9.17, 15) is 9.59 Å². The van der Waals surface area contributed by atoms with Gasteiger partial charge in [-0.1, -0.05) is 23.1 Å². The zero-order valence-electron chi connectivity index (χ0n) is 13.0. The Morgan fingerprint density at radius 1 is 1.36 bits per heavy atom. The van der Waals surface area contributed by atoms with Crippen molar-refractivity contribution in [1.82, 2.24) is 15.5 Å². The molecule has 9 heteroatoms. The van der Waals surface area contributed by atoms with Crippen molar-refractivity contribution in [2.75, 3.05) is 24.2 Å². The molecule has 1 heterocycles. The minimum atomic E-state index is -0.231. The Balaban J connectivity index is 2.15. The highest BCUT2D eigenvalue weighted by molar-refractivity contribution is 8.01. The first-order valence-corrected chi connectivity index (χ1v) is 8.96. The van der Waals surface area contributed by atoms with E-state index in [2.05, 4.69) is 20.8 Å². The topological polar surface area (TPSA) is 93.2 Å². The first-order chi connectivity index (χ1) is 10.5. The van der Waals surface area contributed by atoms with Crippen LogP contribution in [0.4, 0.5) is 5.13 Å². The number of aromatic nitrogens is 2. The smallest absolute Gasteiger partial charge is 0.305 e. The van der Waals surface area contributed by atoms with Crippen LogP contribution in [0.1, 0.15) is 33.6 Å². The number of carbonyl (C=O) groups excluding carboxylic acids is 2. The van der Waals surface area contributed by atoms with Crippen LogP contribution < -0.4 is 10.6 Å². The molecular formula is C13H22N4O3S2. The first-order valence-electron chi connectivity index (χ1n) is 7.16. The molecule has 1 rings (SSSR count). The van der Waals surface area contributed by atoms with Gasteiger partial charge in [-0.2, -0.15) is 0 Å². The lowest BCUT2D eigenvalue weighted by atomic mass is 10.3. The molecule has 0 aromatic carbocycles. The second-order valence-corrected chi connectivity index (χ2v) is 6.92. The van der Waals surface area contributed by atoms with Crippen molar-refractivity contribution in [3.8, 4) is 0 Å². The highest BCUT2D eigenvalue weighted by Gasteiger charge is 2.09. The lowest BCUT2D eigenvalue weighted by Gasteiger charge is -2.04. The molecule has 1 aromatic heterocycles. The molecule has 0 unspecified atom stereocenters. The Morgan fingerprint density at radius 2 is 2.14 bits per heavy atom. The fraction of sp³-hybridized carbons (Fsp3) is 0.692. The van der Waals surface area contributed by atoms with Crippen molar-refractivity contribution < 1.29 is 14.3 Å². The summed E-state index contributed by atoms with van der Waals surface area (Å²) in [6, 6.07) is 0.300. The minimum absolute atomic E-state index is 0.0811. The van der Waals surface area contributed by atoms with E-state index in [-0.39, 0.29) is 17.6 Å². The maximum Gasteiger partial charge on any atom is 0.305 e. The molecule has 0 fully saturated rings. The molecule has 0 aliphatic carbocycles. The van der Waals surface area contributed by atoms with E-state index < -0.39 is 0 Å². The molecule has 1 amide bonds. The largest absolute Gasteiger partial charge is 0.466 e. The summed E-state index contributed by atoms with van der Waals surface area (Å²) in [6.45, 7) is 6.67. The second-order valence-electron chi connectivity index (χ2n) is 4.72. The van der Waals surface area contributed by atoms with E-state index in [0.29, 0.717) is 32.0 Å². The van der Waals surface area contributed by atoms with Crippen LogP contribution in [0.25, 0.3) is 0 Å². The molecule has 0 radical (unpaired) electrons. The molecule has 0 saturated carbocycles. The van der Waals surface area contributed by atoms with Crippen LogP contribution in [-0.2, 0) is 14.3 Å². The van der Waals surface area contributed by atoms with Crippen molar-refractivity contribution in [3.63, 3.8) is 0 Å². The lowest BCUT2D eigenvalue weighted by molar-refractivity contribution is -0.143. The summed E-state index contributed by atoms with van der Waals surface area (Å²) in [5, 5.41) is 14.7. The number of ether oxygens (including phenoxy) is 1. The Bertz CT molecular complexity index is 480. The molecule has 22 heavy (non-hydrogen) atoms. The van der Waals surface area contributed by atoms with Gasteiger partial charge in [0.25, 0.3) is 0 Å². The van der Waals surface area contributed by atoms with Crippen LogP contribution >= 0.6 is 23.1 Å². The summed E-state index contributed by atoms with van der Waals surface area (Å²) in [4.78, 5) is 22.8. The van der Waals surface area contributed by atoms with Crippen LogP contribution in [0, 0.1) is 0 Å². The number of carbonyl (C=O) groups is 2.